The summed E-state index contributed by atoms with van der Waals surface area (Å²) in [6.07, 6.45) is 4.75. The van der Waals surface area contributed by atoms with Crippen molar-refractivity contribution in [1.29, 1.82) is 5.26 Å². The average Bonchev–Trinajstić information content (AvgIpc) is 2.31. The third-order valence-corrected chi connectivity index (χ3v) is 5.55. The number of nitriles is 1. The van der Waals surface area contributed by atoms with Crippen molar-refractivity contribution in [2.45, 2.75) is 65.1 Å². The summed E-state index contributed by atoms with van der Waals surface area (Å²) in [7, 11) is -1.08. The first-order chi connectivity index (χ1) is 9.49. The minimum absolute atomic E-state index is 0.270. The molecular formula is C15H27N2O2P. The van der Waals surface area contributed by atoms with Crippen molar-refractivity contribution in [3.05, 3.63) is 12.7 Å². The van der Waals surface area contributed by atoms with Gasteiger partial charge in [0.25, 0.3) is 8.53 Å². The molecular weight excluding hydrogens is 271 g/mol. The van der Waals surface area contributed by atoms with Gasteiger partial charge in [-0.15, -0.1) is 6.58 Å². The number of nitrogens with zero attached hydrogens (tertiary/aromatic N) is 2. The number of rotatable bonds is 9. The van der Waals surface area contributed by atoms with Gasteiger partial charge in [-0.2, -0.15) is 5.26 Å². The number of hydrogen-bond acceptors (Lipinski definition) is 4. The lowest BCUT2D eigenvalue weighted by Crippen LogP contribution is -2.37. The zero-order chi connectivity index (χ0) is 15.1. The van der Waals surface area contributed by atoms with Crippen LogP contribution in [-0.2, 0) is 9.05 Å². The van der Waals surface area contributed by atoms with Gasteiger partial charge >= 0.3 is 0 Å². The standard InChI is InChI=1S/C15H27N2O2P/c1-6-14-10-15(11-14)19-20(18-9-7-8-16)17(12(2)3)13(4)5/h6,12-15H,1,7,9-11H2,2-5H3. The van der Waals surface area contributed by atoms with Crippen molar-refractivity contribution >= 4 is 8.53 Å². The predicted octanol–water partition coefficient (Wildman–Crippen LogP) is 4.24. The Kier molecular flexibility index (Phi) is 7.69. The van der Waals surface area contributed by atoms with E-state index in [1.807, 2.05) is 6.08 Å². The fraction of sp³-hybridized carbons (Fsp3) is 0.800. The molecule has 0 heterocycles. The van der Waals surface area contributed by atoms with E-state index in [2.05, 4.69) is 45.0 Å². The van der Waals surface area contributed by atoms with Gasteiger partial charge in [0.1, 0.15) is 0 Å². The highest BCUT2D eigenvalue weighted by Crippen LogP contribution is 2.50. The molecule has 20 heavy (non-hydrogen) atoms. The zero-order valence-electron chi connectivity index (χ0n) is 13.1. The average molecular weight is 298 g/mol. The Morgan fingerprint density at radius 2 is 1.95 bits per heavy atom. The highest BCUT2D eigenvalue weighted by atomic mass is 31.2. The maximum atomic E-state index is 8.65. The topological polar surface area (TPSA) is 45.5 Å². The highest BCUT2D eigenvalue weighted by molar-refractivity contribution is 7.44. The van der Waals surface area contributed by atoms with Crippen LogP contribution in [-0.4, -0.2) is 29.5 Å². The molecule has 0 aliphatic heterocycles. The summed E-state index contributed by atoms with van der Waals surface area (Å²) in [5.74, 6) is 0.586. The summed E-state index contributed by atoms with van der Waals surface area (Å²) in [4.78, 5) is 0. The second-order valence-electron chi connectivity index (χ2n) is 5.74. The van der Waals surface area contributed by atoms with Crippen LogP contribution in [0.2, 0.25) is 0 Å². The van der Waals surface area contributed by atoms with Crippen LogP contribution in [0, 0.1) is 17.2 Å². The van der Waals surface area contributed by atoms with E-state index in [0.29, 0.717) is 31.0 Å². The quantitative estimate of drug-likeness (QED) is 0.363. The zero-order valence-corrected chi connectivity index (χ0v) is 14.0. The molecule has 4 nitrogen and oxygen atoms in total. The molecule has 1 unspecified atom stereocenters. The van der Waals surface area contributed by atoms with Gasteiger partial charge in [0.2, 0.25) is 0 Å². The first-order valence-electron chi connectivity index (χ1n) is 7.37. The molecule has 1 fully saturated rings. The Morgan fingerprint density at radius 1 is 1.35 bits per heavy atom. The van der Waals surface area contributed by atoms with Gasteiger partial charge in [0.15, 0.2) is 0 Å². The normalized spacial score (nSPS) is 23.7. The Labute approximate surface area is 124 Å². The van der Waals surface area contributed by atoms with E-state index in [9.17, 15) is 0 Å². The van der Waals surface area contributed by atoms with Crippen molar-refractivity contribution in [3.63, 3.8) is 0 Å². The third kappa shape index (κ3) is 5.14. The maximum absolute atomic E-state index is 8.65. The molecule has 1 saturated carbocycles. The van der Waals surface area contributed by atoms with Crippen molar-refractivity contribution < 1.29 is 9.05 Å². The Morgan fingerprint density at radius 3 is 2.40 bits per heavy atom. The molecule has 0 bridgehead atoms. The fourth-order valence-electron chi connectivity index (χ4n) is 2.31. The Hall–Kier alpha value is -0.460. The van der Waals surface area contributed by atoms with Gasteiger partial charge < -0.3 is 9.05 Å². The van der Waals surface area contributed by atoms with Crippen LogP contribution in [0.3, 0.4) is 0 Å². The lowest BCUT2D eigenvalue weighted by atomic mass is 9.83. The molecule has 0 aromatic heterocycles. The van der Waals surface area contributed by atoms with Crippen molar-refractivity contribution in [2.75, 3.05) is 6.61 Å². The van der Waals surface area contributed by atoms with Gasteiger partial charge in [-0.25, -0.2) is 4.67 Å². The van der Waals surface area contributed by atoms with Gasteiger partial charge in [0, 0.05) is 12.1 Å². The van der Waals surface area contributed by atoms with Crippen LogP contribution in [0.15, 0.2) is 12.7 Å². The molecule has 0 aromatic rings. The second-order valence-corrected chi connectivity index (χ2v) is 7.15. The first-order valence-corrected chi connectivity index (χ1v) is 8.50. The molecule has 114 valence electrons. The molecule has 0 radical (unpaired) electrons. The molecule has 5 heteroatoms. The van der Waals surface area contributed by atoms with Crippen LogP contribution >= 0.6 is 8.53 Å². The van der Waals surface area contributed by atoms with E-state index in [0.717, 1.165) is 12.8 Å². The fourth-order valence-corrected chi connectivity index (χ4v) is 4.04. The smallest absolute Gasteiger partial charge is 0.259 e. The summed E-state index contributed by atoms with van der Waals surface area (Å²) in [6, 6.07) is 2.84. The summed E-state index contributed by atoms with van der Waals surface area (Å²) in [5.41, 5.74) is 0. The van der Waals surface area contributed by atoms with Crippen LogP contribution in [0.4, 0.5) is 0 Å². The van der Waals surface area contributed by atoms with Crippen LogP contribution < -0.4 is 0 Å². The minimum Gasteiger partial charge on any atom is -0.321 e. The first kappa shape index (κ1) is 17.6. The number of allylic oxidation sites excluding steroid dienone is 1. The van der Waals surface area contributed by atoms with Gasteiger partial charge in [-0.3, -0.25) is 0 Å². The molecule has 1 aliphatic carbocycles. The Balaban J connectivity index is 2.59. The second kappa shape index (κ2) is 8.74. The van der Waals surface area contributed by atoms with Gasteiger partial charge in [-0.05, 0) is 46.5 Å². The largest absolute Gasteiger partial charge is 0.321 e. The predicted molar refractivity (Wildman–Crippen MR) is 83.0 cm³/mol. The lowest BCUT2D eigenvalue weighted by Gasteiger charge is -2.41. The molecule has 0 amide bonds. The van der Waals surface area contributed by atoms with E-state index in [1.54, 1.807) is 0 Å². The number of hydrogen-bond donors (Lipinski definition) is 0. The molecule has 1 atom stereocenters. The minimum atomic E-state index is -1.08. The summed E-state index contributed by atoms with van der Waals surface area (Å²) >= 11 is 0. The van der Waals surface area contributed by atoms with E-state index in [-0.39, 0.29) is 6.10 Å². The van der Waals surface area contributed by atoms with Crippen LogP contribution in [0.5, 0.6) is 0 Å². The van der Waals surface area contributed by atoms with E-state index >= 15 is 0 Å². The van der Waals surface area contributed by atoms with E-state index in [4.69, 9.17) is 14.3 Å². The summed E-state index contributed by atoms with van der Waals surface area (Å²) in [5, 5.41) is 8.65. The molecule has 1 rings (SSSR count). The molecule has 0 spiro atoms. The maximum Gasteiger partial charge on any atom is 0.259 e. The van der Waals surface area contributed by atoms with E-state index in [1.165, 1.54) is 0 Å². The van der Waals surface area contributed by atoms with Crippen molar-refractivity contribution in [2.24, 2.45) is 5.92 Å². The molecule has 1 aliphatic rings. The Bertz CT molecular complexity index is 327. The van der Waals surface area contributed by atoms with Crippen molar-refractivity contribution in [1.82, 2.24) is 4.67 Å². The monoisotopic (exact) mass is 298 g/mol. The molecule has 0 N–H and O–H groups in total. The van der Waals surface area contributed by atoms with Crippen molar-refractivity contribution in [3.8, 4) is 6.07 Å². The summed E-state index contributed by atoms with van der Waals surface area (Å²) < 4.78 is 14.3. The molecule has 0 aromatic carbocycles. The molecule has 0 saturated heterocycles. The summed E-state index contributed by atoms with van der Waals surface area (Å²) in [6.45, 7) is 12.9. The SMILES string of the molecule is C=CC1CC(OP(OCCC#N)N(C(C)C)C(C)C)C1. The van der Waals surface area contributed by atoms with Crippen LogP contribution in [0.25, 0.3) is 0 Å². The van der Waals surface area contributed by atoms with Gasteiger partial charge in [0.05, 0.1) is 25.2 Å². The third-order valence-electron chi connectivity index (χ3n) is 3.37. The lowest BCUT2D eigenvalue weighted by molar-refractivity contribution is 0.0599. The van der Waals surface area contributed by atoms with Crippen LogP contribution in [0.1, 0.15) is 47.0 Å². The van der Waals surface area contributed by atoms with E-state index < -0.39 is 8.53 Å². The van der Waals surface area contributed by atoms with Gasteiger partial charge in [-0.1, -0.05) is 6.08 Å². The highest BCUT2D eigenvalue weighted by Gasteiger charge is 2.35.